The summed E-state index contributed by atoms with van der Waals surface area (Å²) in [5, 5.41) is 10.3. The lowest BCUT2D eigenvalue weighted by Gasteiger charge is -2.16. The number of aryl methyl sites for hydroxylation is 2. The van der Waals surface area contributed by atoms with E-state index in [1.54, 1.807) is 31.2 Å². The maximum absolute atomic E-state index is 12.8. The molecule has 0 bridgehead atoms. The number of nitrogens with one attached hydrogen (secondary N) is 2. The van der Waals surface area contributed by atoms with Gasteiger partial charge >= 0.3 is 0 Å². The largest absolute Gasteiger partial charge is 0.339 e. The minimum absolute atomic E-state index is 0.273. The van der Waals surface area contributed by atoms with Gasteiger partial charge in [0.25, 0.3) is 5.91 Å². The Bertz CT molecular complexity index is 1190. The molecule has 1 atom stereocenters. The summed E-state index contributed by atoms with van der Waals surface area (Å²) in [4.78, 5) is 37.8. The summed E-state index contributed by atoms with van der Waals surface area (Å²) in [5.41, 5.74) is 2.19. The number of fused-ring (bicyclic) bond motifs is 1. The Morgan fingerprint density at radius 1 is 1.17 bits per heavy atom. The Morgan fingerprint density at radius 2 is 1.90 bits per heavy atom. The van der Waals surface area contributed by atoms with Crippen LogP contribution in [0.15, 0.2) is 59.4 Å². The first-order valence-corrected chi connectivity index (χ1v) is 9.87. The number of anilines is 1. The Morgan fingerprint density at radius 3 is 2.67 bits per heavy atom. The second-order valence-electron chi connectivity index (χ2n) is 7.10. The van der Waals surface area contributed by atoms with Crippen LogP contribution in [0, 0.1) is 6.92 Å². The molecule has 0 aliphatic carbocycles. The van der Waals surface area contributed by atoms with E-state index in [1.165, 1.54) is 10.7 Å². The van der Waals surface area contributed by atoms with Crippen molar-refractivity contribution in [3.63, 3.8) is 0 Å². The van der Waals surface area contributed by atoms with Gasteiger partial charge < -0.3 is 10.6 Å². The monoisotopic (exact) mass is 422 g/mol. The summed E-state index contributed by atoms with van der Waals surface area (Å²) in [6.45, 7) is 1.72. The summed E-state index contributed by atoms with van der Waals surface area (Å²) in [5.74, 6) is -1.01. The van der Waals surface area contributed by atoms with Crippen molar-refractivity contribution in [2.75, 3.05) is 5.32 Å². The van der Waals surface area contributed by atoms with Crippen LogP contribution in [0.2, 0.25) is 5.02 Å². The minimum atomic E-state index is -0.767. The SMILES string of the molecule is Cc1cc(=O)c(C(=O)NC2CCc3ccccc3NC2=O)nn1-c1ccc(Cl)cc1. The van der Waals surface area contributed by atoms with Gasteiger partial charge in [-0.05, 0) is 55.7 Å². The number of halogens is 1. The van der Waals surface area contributed by atoms with Gasteiger partial charge in [0.15, 0.2) is 5.69 Å². The van der Waals surface area contributed by atoms with Gasteiger partial charge in [-0.2, -0.15) is 5.10 Å². The van der Waals surface area contributed by atoms with Crippen LogP contribution in [0.25, 0.3) is 5.69 Å². The highest BCUT2D eigenvalue weighted by Crippen LogP contribution is 2.21. The fourth-order valence-corrected chi connectivity index (χ4v) is 3.55. The molecule has 7 nitrogen and oxygen atoms in total. The third-order valence-corrected chi connectivity index (χ3v) is 5.25. The van der Waals surface area contributed by atoms with Crippen LogP contribution in [0.5, 0.6) is 0 Å². The highest BCUT2D eigenvalue weighted by molar-refractivity contribution is 6.30. The number of aromatic nitrogens is 2. The van der Waals surface area contributed by atoms with Crippen molar-refractivity contribution >= 4 is 29.1 Å². The van der Waals surface area contributed by atoms with Crippen LogP contribution in [0.3, 0.4) is 0 Å². The number of nitrogens with zero attached hydrogens (tertiary/aromatic N) is 2. The molecule has 1 aliphatic rings. The van der Waals surface area contributed by atoms with Gasteiger partial charge in [-0.3, -0.25) is 14.4 Å². The fourth-order valence-electron chi connectivity index (χ4n) is 3.42. The van der Waals surface area contributed by atoms with Crippen molar-refractivity contribution in [2.24, 2.45) is 0 Å². The second-order valence-corrected chi connectivity index (χ2v) is 7.53. The average molecular weight is 423 g/mol. The van der Waals surface area contributed by atoms with Gasteiger partial charge in [-0.1, -0.05) is 29.8 Å². The van der Waals surface area contributed by atoms with Gasteiger partial charge in [0.1, 0.15) is 6.04 Å². The van der Waals surface area contributed by atoms with E-state index in [4.69, 9.17) is 11.6 Å². The van der Waals surface area contributed by atoms with Crippen LogP contribution < -0.4 is 16.1 Å². The molecule has 4 rings (SSSR count). The van der Waals surface area contributed by atoms with Gasteiger partial charge in [-0.25, -0.2) is 4.68 Å². The van der Waals surface area contributed by atoms with Gasteiger partial charge in [0, 0.05) is 22.5 Å². The molecule has 30 heavy (non-hydrogen) atoms. The summed E-state index contributed by atoms with van der Waals surface area (Å²) < 4.78 is 1.50. The Labute approximate surface area is 177 Å². The lowest BCUT2D eigenvalue weighted by Crippen LogP contribution is -2.45. The number of benzene rings is 2. The number of carbonyl (C=O) groups excluding carboxylic acids is 2. The van der Waals surface area contributed by atoms with Crippen LogP contribution in [-0.2, 0) is 11.2 Å². The molecule has 3 aromatic rings. The van der Waals surface area contributed by atoms with Crippen molar-refractivity contribution in [1.82, 2.24) is 15.1 Å². The Kier molecular flexibility index (Phi) is 5.37. The van der Waals surface area contributed by atoms with Crippen LogP contribution in [0.4, 0.5) is 5.69 Å². The first-order chi connectivity index (χ1) is 14.4. The second kappa shape index (κ2) is 8.12. The number of para-hydroxylation sites is 1. The number of hydrogen-bond acceptors (Lipinski definition) is 4. The molecular formula is C22H19ClN4O3. The predicted octanol–water partition coefficient (Wildman–Crippen LogP) is 2.88. The molecule has 0 saturated heterocycles. The summed E-state index contributed by atoms with van der Waals surface area (Å²) >= 11 is 5.93. The topological polar surface area (TPSA) is 93.1 Å². The molecule has 0 fully saturated rings. The highest BCUT2D eigenvalue weighted by Gasteiger charge is 2.27. The molecule has 2 aromatic carbocycles. The predicted molar refractivity (Wildman–Crippen MR) is 114 cm³/mol. The highest BCUT2D eigenvalue weighted by atomic mass is 35.5. The number of amides is 2. The molecule has 2 N–H and O–H groups in total. The number of rotatable bonds is 3. The molecule has 0 spiro atoms. The maximum Gasteiger partial charge on any atom is 0.276 e. The molecule has 152 valence electrons. The third kappa shape index (κ3) is 3.97. The van der Waals surface area contributed by atoms with Gasteiger partial charge in [-0.15, -0.1) is 0 Å². The van der Waals surface area contributed by atoms with Crippen molar-refractivity contribution < 1.29 is 9.59 Å². The van der Waals surface area contributed by atoms with E-state index in [-0.39, 0.29) is 11.6 Å². The molecule has 1 unspecified atom stereocenters. The summed E-state index contributed by atoms with van der Waals surface area (Å²) in [6.07, 6.45) is 1.04. The minimum Gasteiger partial charge on any atom is -0.339 e. The van der Waals surface area contributed by atoms with Crippen molar-refractivity contribution in [2.45, 2.75) is 25.8 Å². The van der Waals surface area contributed by atoms with Crippen molar-refractivity contribution in [3.8, 4) is 5.69 Å². The lowest BCUT2D eigenvalue weighted by atomic mass is 10.1. The lowest BCUT2D eigenvalue weighted by molar-refractivity contribution is -0.118. The number of hydrogen-bond donors (Lipinski definition) is 2. The van der Waals surface area contributed by atoms with E-state index < -0.39 is 17.4 Å². The Hall–Kier alpha value is -3.45. The van der Waals surface area contributed by atoms with Gasteiger partial charge in [0.2, 0.25) is 11.3 Å². The quantitative estimate of drug-likeness (QED) is 0.678. The smallest absolute Gasteiger partial charge is 0.276 e. The zero-order chi connectivity index (χ0) is 21.3. The first kappa shape index (κ1) is 19.8. The molecule has 1 aliphatic heterocycles. The average Bonchev–Trinajstić information content (AvgIpc) is 2.87. The standard InChI is InChI=1S/C22H19ClN4O3/c1-13-12-19(28)20(26-27(13)16-9-7-15(23)8-10-16)22(30)25-18-11-6-14-4-2-3-5-17(14)24-21(18)29/h2-5,7-10,12,18H,6,11H2,1H3,(H,24,29)(H,25,30). The summed E-state index contributed by atoms with van der Waals surface area (Å²) in [6, 6.07) is 15.0. The zero-order valence-electron chi connectivity index (χ0n) is 16.2. The van der Waals surface area contributed by atoms with E-state index >= 15 is 0 Å². The fraction of sp³-hybridized carbons (Fsp3) is 0.182. The molecule has 1 aromatic heterocycles. The van der Waals surface area contributed by atoms with Crippen LogP contribution in [0.1, 0.15) is 28.2 Å². The molecule has 2 amide bonds. The molecule has 2 heterocycles. The number of carbonyl (C=O) groups is 2. The summed E-state index contributed by atoms with van der Waals surface area (Å²) in [7, 11) is 0. The van der Waals surface area contributed by atoms with Gasteiger partial charge in [0.05, 0.1) is 5.69 Å². The normalized spacial score (nSPS) is 15.7. The van der Waals surface area contributed by atoms with E-state index in [2.05, 4.69) is 15.7 Å². The van der Waals surface area contributed by atoms with E-state index in [1.807, 2.05) is 24.3 Å². The zero-order valence-corrected chi connectivity index (χ0v) is 16.9. The molecular weight excluding hydrogens is 404 g/mol. The van der Waals surface area contributed by atoms with E-state index in [9.17, 15) is 14.4 Å². The third-order valence-electron chi connectivity index (χ3n) is 4.99. The molecule has 8 heteroatoms. The Balaban J connectivity index is 1.59. The van der Waals surface area contributed by atoms with E-state index in [0.717, 1.165) is 11.3 Å². The van der Waals surface area contributed by atoms with Crippen molar-refractivity contribution in [3.05, 3.63) is 86.8 Å². The molecule has 0 saturated carbocycles. The van der Waals surface area contributed by atoms with E-state index in [0.29, 0.717) is 29.2 Å². The van der Waals surface area contributed by atoms with Crippen LogP contribution in [-0.4, -0.2) is 27.6 Å². The molecule has 0 radical (unpaired) electrons. The maximum atomic E-state index is 12.8. The van der Waals surface area contributed by atoms with Crippen LogP contribution >= 0.6 is 11.6 Å². The first-order valence-electron chi connectivity index (χ1n) is 9.49. The van der Waals surface area contributed by atoms with Crippen molar-refractivity contribution in [1.29, 1.82) is 0 Å².